The minimum atomic E-state index is -4.47. The number of hydrogen-bond donors (Lipinski definition) is 0. The number of carbonyl (C=O) groups is 1. The second kappa shape index (κ2) is 6.39. The summed E-state index contributed by atoms with van der Waals surface area (Å²) in [6.45, 7) is 2.42. The van der Waals surface area contributed by atoms with Crippen LogP contribution >= 0.6 is 0 Å². The Morgan fingerprint density at radius 3 is 2.40 bits per heavy atom. The van der Waals surface area contributed by atoms with Gasteiger partial charge in [0.05, 0.1) is 5.56 Å². The predicted molar refractivity (Wildman–Crippen MR) is 70.7 cm³/mol. The molecule has 0 N–H and O–H groups in total. The van der Waals surface area contributed by atoms with Crippen LogP contribution in [-0.4, -0.2) is 30.3 Å². The molecule has 0 spiro atoms. The highest BCUT2D eigenvalue weighted by molar-refractivity contribution is 5.97. The van der Waals surface area contributed by atoms with Gasteiger partial charge in [0.25, 0.3) is 0 Å². The third kappa shape index (κ3) is 3.82. The minimum Gasteiger partial charge on any atom is -0.303 e. The lowest BCUT2D eigenvalue weighted by atomic mass is 10.0. The topological polar surface area (TPSA) is 20.3 Å². The van der Waals surface area contributed by atoms with E-state index in [0.717, 1.165) is 32.0 Å². The Morgan fingerprint density at radius 2 is 1.75 bits per heavy atom. The van der Waals surface area contributed by atoms with Crippen molar-refractivity contribution >= 4 is 5.78 Å². The number of carbonyl (C=O) groups excluding carboxylic acids is 1. The van der Waals surface area contributed by atoms with Crippen molar-refractivity contribution in [2.75, 3.05) is 19.6 Å². The van der Waals surface area contributed by atoms with E-state index in [1.165, 1.54) is 24.6 Å². The van der Waals surface area contributed by atoms with Crippen molar-refractivity contribution in [1.82, 2.24) is 4.90 Å². The highest BCUT2D eigenvalue weighted by Gasteiger charge is 2.34. The first-order valence-corrected chi connectivity index (χ1v) is 6.90. The molecule has 0 unspecified atom stereocenters. The van der Waals surface area contributed by atoms with Crippen LogP contribution in [0.2, 0.25) is 0 Å². The van der Waals surface area contributed by atoms with Crippen molar-refractivity contribution in [2.45, 2.75) is 31.9 Å². The molecule has 0 atom stereocenters. The zero-order valence-electron chi connectivity index (χ0n) is 11.2. The third-order valence-electron chi connectivity index (χ3n) is 3.64. The third-order valence-corrected chi connectivity index (χ3v) is 3.64. The minimum absolute atomic E-state index is 0.146. The summed E-state index contributed by atoms with van der Waals surface area (Å²) in [7, 11) is 0. The summed E-state index contributed by atoms with van der Waals surface area (Å²) in [5.41, 5.74) is -1.04. The Balaban J connectivity index is 2.02. The van der Waals surface area contributed by atoms with Crippen molar-refractivity contribution in [3.8, 4) is 0 Å². The van der Waals surface area contributed by atoms with E-state index >= 15 is 0 Å². The largest absolute Gasteiger partial charge is 0.417 e. The molecule has 0 amide bonds. The number of Topliss-reactive ketones (excluding diaryl/α,β-unsaturated/α-hetero) is 1. The van der Waals surface area contributed by atoms with Gasteiger partial charge in [-0.05, 0) is 32.0 Å². The van der Waals surface area contributed by atoms with Crippen molar-refractivity contribution < 1.29 is 18.0 Å². The number of piperidine rings is 1. The van der Waals surface area contributed by atoms with Gasteiger partial charge in [0.15, 0.2) is 5.78 Å². The molecule has 110 valence electrons. The fraction of sp³-hybridized carbons (Fsp3) is 0.533. The summed E-state index contributed by atoms with van der Waals surface area (Å²) in [6, 6.07) is 5.02. The van der Waals surface area contributed by atoms with Gasteiger partial charge in [-0.1, -0.05) is 24.6 Å². The normalized spacial score (nSPS) is 17.1. The van der Waals surface area contributed by atoms with Crippen LogP contribution in [0.5, 0.6) is 0 Å². The molecule has 1 aromatic rings. The number of hydrogen-bond acceptors (Lipinski definition) is 2. The molecule has 1 aliphatic heterocycles. The van der Waals surface area contributed by atoms with Gasteiger partial charge in [-0.15, -0.1) is 0 Å². The van der Waals surface area contributed by atoms with Gasteiger partial charge in [0.1, 0.15) is 0 Å². The quantitative estimate of drug-likeness (QED) is 0.785. The first kappa shape index (κ1) is 15.0. The van der Waals surface area contributed by atoms with Gasteiger partial charge in [-0.25, -0.2) is 0 Å². The number of ketones is 1. The zero-order valence-corrected chi connectivity index (χ0v) is 11.2. The Labute approximate surface area is 116 Å². The maximum atomic E-state index is 12.8. The maximum Gasteiger partial charge on any atom is 0.417 e. The van der Waals surface area contributed by atoms with Crippen molar-refractivity contribution in [2.24, 2.45) is 0 Å². The summed E-state index contributed by atoms with van der Waals surface area (Å²) in [4.78, 5) is 14.2. The van der Waals surface area contributed by atoms with Crippen LogP contribution in [0.25, 0.3) is 0 Å². The number of rotatable bonds is 4. The van der Waals surface area contributed by atoms with E-state index in [4.69, 9.17) is 0 Å². The monoisotopic (exact) mass is 285 g/mol. The number of alkyl halides is 3. The second-order valence-electron chi connectivity index (χ2n) is 5.12. The molecular weight excluding hydrogens is 267 g/mol. The molecule has 5 heteroatoms. The van der Waals surface area contributed by atoms with Gasteiger partial charge >= 0.3 is 6.18 Å². The molecule has 20 heavy (non-hydrogen) atoms. The summed E-state index contributed by atoms with van der Waals surface area (Å²) < 4.78 is 38.5. The van der Waals surface area contributed by atoms with Crippen LogP contribution in [0, 0.1) is 0 Å². The van der Waals surface area contributed by atoms with E-state index < -0.39 is 17.5 Å². The molecule has 1 aliphatic rings. The lowest BCUT2D eigenvalue weighted by Gasteiger charge is -2.26. The smallest absolute Gasteiger partial charge is 0.303 e. The van der Waals surface area contributed by atoms with Gasteiger partial charge in [0.2, 0.25) is 0 Å². The SMILES string of the molecule is O=C(CCN1CCCCC1)c1ccccc1C(F)(F)F. The first-order chi connectivity index (χ1) is 9.48. The van der Waals surface area contributed by atoms with Crippen molar-refractivity contribution in [3.63, 3.8) is 0 Å². The average Bonchev–Trinajstić information content (AvgIpc) is 2.45. The van der Waals surface area contributed by atoms with Crippen LogP contribution in [0.4, 0.5) is 13.2 Å². The van der Waals surface area contributed by atoms with E-state index in [0.29, 0.717) is 6.54 Å². The molecule has 1 fully saturated rings. The van der Waals surface area contributed by atoms with E-state index in [-0.39, 0.29) is 12.0 Å². The molecule has 1 saturated heterocycles. The van der Waals surface area contributed by atoms with Gasteiger partial charge in [-0.2, -0.15) is 13.2 Å². The first-order valence-electron chi connectivity index (χ1n) is 6.90. The molecule has 2 nitrogen and oxygen atoms in total. The van der Waals surface area contributed by atoms with Crippen molar-refractivity contribution in [3.05, 3.63) is 35.4 Å². The number of likely N-dealkylation sites (tertiary alicyclic amines) is 1. The molecule has 1 aromatic carbocycles. The molecule has 1 heterocycles. The van der Waals surface area contributed by atoms with E-state index in [9.17, 15) is 18.0 Å². The van der Waals surface area contributed by atoms with Crippen LogP contribution in [0.3, 0.4) is 0 Å². The zero-order chi connectivity index (χ0) is 14.6. The highest BCUT2D eigenvalue weighted by Crippen LogP contribution is 2.32. The second-order valence-corrected chi connectivity index (χ2v) is 5.12. The van der Waals surface area contributed by atoms with E-state index in [1.54, 1.807) is 0 Å². The van der Waals surface area contributed by atoms with Crippen LogP contribution < -0.4 is 0 Å². The highest BCUT2D eigenvalue weighted by atomic mass is 19.4. The van der Waals surface area contributed by atoms with E-state index in [1.807, 2.05) is 0 Å². The molecule has 0 aliphatic carbocycles. The van der Waals surface area contributed by atoms with Crippen LogP contribution in [-0.2, 0) is 6.18 Å². The van der Waals surface area contributed by atoms with Crippen molar-refractivity contribution in [1.29, 1.82) is 0 Å². The average molecular weight is 285 g/mol. The molecule has 0 aromatic heterocycles. The molecule has 0 radical (unpaired) electrons. The van der Waals surface area contributed by atoms with Crippen LogP contribution in [0.1, 0.15) is 41.6 Å². The summed E-state index contributed by atoms with van der Waals surface area (Å²) in [5.74, 6) is -0.427. The molecule has 2 rings (SSSR count). The van der Waals surface area contributed by atoms with Crippen LogP contribution in [0.15, 0.2) is 24.3 Å². The standard InChI is InChI=1S/C15H18F3NO/c16-15(17,18)13-7-3-2-6-12(13)14(20)8-11-19-9-4-1-5-10-19/h2-3,6-7H,1,4-5,8-11H2. The number of benzene rings is 1. The Morgan fingerprint density at radius 1 is 1.10 bits per heavy atom. The van der Waals surface area contributed by atoms with Gasteiger partial charge in [-0.3, -0.25) is 4.79 Å². The molecule has 0 bridgehead atoms. The number of halogens is 3. The summed E-state index contributed by atoms with van der Waals surface area (Å²) >= 11 is 0. The van der Waals surface area contributed by atoms with Gasteiger partial charge in [0, 0.05) is 18.5 Å². The lowest BCUT2D eigenvalue weighted by molar-refractivity contribution is -0.137. The Bertz CT molecular complexity index is 464. The summed E-state index contributed by atoms with van der Waals surface area (Å²) in [5, 5.41) is 0. The molecular formula is C15H18F3NO. The maximum absolute atomic E-state index is 12.8. The van der Waals surface area contributed by atoms with E-state index in [2.05, 4.69) is 4.90 Å². The fourth-order valence-corrected chi connectivity index (χ4v) is 2.55. The van der Waals surface area contributed by atoms with Gasteiger partial charge < -0.3 is 4.90 Å². The fourth-order valence-electron chi connectivity index (χ4n) is 2.55. The lowest BCUT2D eigenvalue weighted by Crippen LogP contribution is -2.31. The number of nitrogens with zero attached hydrogens (tertiary/aromatic N) is 1. The summed E-state index contributed by atoms with van der Waals surface area (Å²) in [6.07, 6.45) is -0.924. The predicted octanol–water partition coefficient (Wildman–Crippen LogP) is 3.76. The Hall–Kier alpha value is -1.36. The Kier molecular flexibility index (Phi) is 4.81. The molecule has 0 saturated carbocycles.